The third-order valence-corrected chi connectivity index (χ3v) is 0.447. The first kappa shape index (κ1) is 15.7. The van der Waals surface area contributed by atoms with E-state index >= 15 is 0 Å². The molecule has 1 nitrogen and oxygen atoms in total. The monoisotopic (exact) mass is 226 g/mol. The summed E-state index contributed by atoms with van der Waals surface area (Å²) >= 11 is 0. The zero-order valence-electron chi connectivity index (χ0n) is 5.44. The molecular formula is C5H13LaN-2. The molecule has 0 bridgehead atoms. The van der Waals surface area contributed by atoms with E-state index in [9.17, 15) is 0 Å². The van der Waals surface area contributed by atoms with Gasteiger partial charge in [-0.3, -0.25) is 0 Å². The van der Waals surface area contributed by atoms with E-state index in [1.807, 2.05) is 13.8 Å². The Labute approximate surface area is 74.9 Å². The van der Waals surface area contributed by atoms with E-state index < -0.39 is 0 Å². The summed E-state index contributed by atoms with van der Waals surface area (Å²) in [7, 11) is 0. The molecule has 0 aromatic heterocycles. The van der Waals surface area contributed by atoms with Crippen LogP contribution in [0, 0.1) is 43.0 Å². The van der Waals surface area contributed by atoms with Gasteiger partial charge in [0, 0.05) is 35.6 Å². The van der Waals surface area contributed by atoms with Crippen LogP contribution in [0.3, 0.4) is 0 Å². The second-order valence-corrected chi connectivity index (χ2v) is 0.856. The van der Waals surface area contributed by atoms with Crippen molar-refractivity contribution in [1.29, 1.82) is 0 Å². The molecule has 0 heterocycles. The number of hydrogen-bond donors (Lipinski definition) is 0. The van der Waals surface area contributed by atoms with E-state index in [0.29, 0.717) is 0 Å². The molecule has 0 atom stereocenters. The van der Waals surface area contributed by atoms with Crippen molar-refractivity contribution in [1.82, 2.24) is 0 Å². The minimum atomic E-state index is 0. The minimum Gasteiger partial charge on any atom is -0.663 e. The van der Waals surface area contributed by atoms with Gasteiger partial charge in [0.2, 0.25) is 0 Å². The van der Waals surface area contributed by atoms with Crippen molar-refractivity contribution >= 4 is 0 Å². The van der Waals surface area contributed by atoms with Crippen LogP contribution in [0.1, 0.15) is 13.8 Å². The maximum atomic E-state index is 3.97. The van der Waals surface area contributed by atoms with Gasteiger partial charge in [0.15, 0.2) is 0 Å². The Kier molecular flexibility index (Phi) is 35.2. The van der Waals surface area contributed by atoms with E-state index in [-0.39, 0.29) is 43.0 Å². The van der Waals surface area contributed by atoms with E-state index in [1.165, 1.54) is 0 Å². The Hall–Kier alpha value is 1.15. The van der Waals surface area contributed by atoms with E-state index in [1.54, 1.807) is 0 Å². The Bertz CT molecular complexity index is 15.6. The van der Waals surface area contributed by atoms with Gasteiger partial charge in [-0.15, -0.1) is 0 Å². The van der Waals surface area contributed by atoms with Crippen LogP contribution in [0.15, 0.2) is 0 Å². The van der Waals surface area contributed by atoms with Crippen LogP contribution in [0.2, 0.25) is 0 Å². The molecule has 0 aliphatic carbocycles. The molecule has 0 N–H and O–H groups in total. The van der Waals surface area contributed by atoms with E-state index in [0.717, 1.165) is 13.1 Å². The molecule has 0 aliphatic rings. The predicted molar refractivity (Wildman–Crippen MR) is 30.9 cm³/mol. The summed E-state index contributed by atoms with van der Waals surface area (Å²) in [6, 6.07) is 0. The molecule has 0 fully saturated rings. The molecule has 0 saturated heterocycles. The summed E-state index contributed by atoms with van der Waals surface area (Å²) in [5.74, 6) is 0. The topological polar surface area (TPSA) is 14.1 Å². The maximum Gasteiger partial charge on any atom is 0 e. The van der Waals surface area contributed by atoms with Crippen molar-refractivity contribution in [2.75, 3.05) is 13.1 Å². The molecule has 1 radical (unpaired) electrons. The van der Waals surface area contributed by atoms with Gasteiger partial charge in [-0.25, -0.2) is 0 Å². The average molecular weight is 226 g/mol. The van der Waals surface area contributed by atoms with Crippen molar-refractivity contribution < 1.29 is 35.6 Å². The van der Waals surface area contributed by atoms with Crippen LogP contribution in [-0.4, -0.2) is 13.1 Å². The minimum absolute atomic E-state index is 0. The summed E-state index contributed by atoms with van der Waals surface area (Å²) in [5.41, 5.74) is 0. The largest absolute Gasteiger partial charge is 0.663 e. The third kappa shape index (κ3) is 19.1. The summed E-state index contributed by atoms with van der Waals surface area (Å²) in [6.07, 6.45) is 0. The van der Waals surface area contributed by atoms with Crippen molar-refractivity contribution in [2.45, 2.75) is 13.8 Å². The maximum absolute atomic E-state index is 3.97. The molecule has 0 unspecified atom stereocenters. The van der Waals surface area contributed by atoms with Gasteiger partial charge in [0.1, 0.15) is 0 Å². The summed E-state index contributed by atoms with van der Waals surface area (Å²) in [5, 5.41) is 3.97. The van der Waals surface area contributed by atoms with Crippen LogP contribution in [0.5, 0.6) is 0 Å². The van der Waals surface area contributed by atoms with Crippen LogP contribution in [0.4, 0.5) is 0 Å². The van der Waals surface area contributed by atoms with Gasteiger partial charge in [0.05, 0.1) is 0 Å². The fourth-order valence-corrected chi connectivity index (χ4v) is 0.224. The standard InChI is InChI=1S/C4H10N.CH3.La/c1-3-5-4-2;;/h3-4H2,1-2H3;1H3;/q2*-1;. The second kappa shape index (κ2) is 15.7. The van der Waals surface area contributed by atoms with Gasteiger partial charge in [-0.05, 0) is 0 Å². The number of rotatable bonds is 2. The Morgan fingerprint density at radius 3 is 1.43 bits per heavy atom. The molecular weight excluding hydrogens is 213 g/mol. The first-order valence-electron chi connectivity index (χ1n) is 2.05. The van der Waals surface area contributed by atoms with Crippen LogP contribution in [0.25, 0.3) is 5.32 Å². The van der Waals surface area contributed by atoms with Crippen molar-refractivity contribution in [2.24, 2.45) is 0 Å². The van der Waals surface area contributed by atoms with Gasteiger partial charge >= 0.3 is 0 Å². The first-order valence-corrected chi connectivity index (χ1v) is 2.05. The Morgan fingerprint density at radius 2 is 1.43 bits per heavy atom. The summed E-state index contributed by atoms with van der Waals surface area (Å²) < 4.78 is 0. The van der Waals surface area contributed by atoms with Crippen molar-refractivity contribution in [3.63, 3.8) is 0 Å². The van der Waals surface area contributed by atoms with E-state index in [2.05, 4.69) is 5.32 Å². The van der Waals surface area contributed by atoms with Crippen molar-refractivity contribution in [3.8, 4) is 0 Å². The fourth-order valence-electron chi connectivity index (χ4n) is 0.224. The molecule has 0 rings (SSSR count). The molecule has 0 aromatic rings. The van der Waals surface area contributed by atoms with Crippen molar-refractivity contribution in [3.05, 3.63) is 12.7 Å². The fraction of sp³-hybridized carbons (Fsp3) is 0.800. The molecule has 2 heteroatoms. The first-order chi connectivity index (χ1) is 2.41. The molecule has 0 spiro atoms. The smallest absolute Gasteiger partial charge is 0 e. The van der Waals surface area contributed by atoms with Gasteiger partial charge in [-0.2, -0.15) is 13.1 Å². The molecule has 0 saturated carbocycles. The normalized spacial score (nSPS) is 6.00. The molecule has 43 valence electrons. The second-order valence-electron chi connectivity index (χ2n) is 0.856. The number of nitrogens with zero attached hydrogens (tertiary/aromatic N) is 1. The van der Waals surface area contributed by atoms with Crippen LogP contribution < -0.4 is 0 Å². The Balaban J connectivity index is -0.0000000800. The van der Waals surface area contributed by atoms with Gasteiger partial charge in [-0.1, -0.05) is 13.8 Å². The SMILES string of the molecule is CC[N-]CC.[CH3-].[La]. The van der Waals surface area contributed by atoms with Crippen LogP contribution >= 0.6 is 0 Å². The summed E-state index contributed by atoms with van der Waals surface area (Å²) in [4.78, 5) is 0. The zero-order chi connectivity index (χ0) is 4.12. The molecule has 7 heavy (non-hydrogen) atoms. The predicted octanol–water partition coefficient (Wildman–Crippen LogP) is 1.85. The Morgan fingerprint density at radius 1 is 1.14 bits per heavy atom. The molecule has 0 amide bonds. The molecule has 0 aliphatic heterocycles. The van der Waals surface area contributed by atoms with Gasteiger partial charge < -0.3 is 12.7 Å². The van der Waals surface area contributed by atoms with Gasteiger partial charge in [0.25, 0.3) is 0 Å². The summed E-state index contributed by atoms with van der Waals surface area (Å²) in [6.45, 7) is 6.03. The number of hydrogen-bond acceptors (Lipinski definition) is 0. The van der Waals surface area contributed by atoms with Crippen LogP contribution in [-0.2, 0) is 0 Å². The third-order valence-electron chi connectivity index (χ3n) is 0.447. The average Bonchev–Trinajstić information content (AvgIpc) is 1.41. The van der Waals surface area contributed by atoms with E-state index in [4.69, 9.17) is 0 Å². The zero-order valence-corrected chi connectivity index (χ0v) is 9.06. The molecule has 0 aromatic carbocycles. The quantitative estimate of drug-likeness (QED) is 0.638.